The molecule has 6 heteroatoms. The highest BCUT2D eigenvalue weighted by Crippen LogP contribution is 2.19. The molecular weight excluding hydrogens is 273 g/mol. The van der Waals surface area contributed by atoms with Gasteiger partial charge in [0.15, 0.2) is 5.78 Å². The van der Waals surface area contributed by atoms with Crippen molar-refractivity contribution in [2.24, 2.45) is 0 Å². The summed E-state index contributed by atoms with van der Waals surface area (Å²) in [5.41, 5.74) is 0.737. The number of halogens is 3. The second kappa shape index (κ2) is 6.79. The van der Waals surface area contributed by atoms with Gasteiger partial charge in [0, 0.05) is 12.0 Å². The van der Waals surface area contributed by atoms with Crippen LogP contribution < -0.4 is 0 Å². The van der Waals surface area contributed by atoms with Crippen LogP contribution in [0.15, 0.2) is 30.3 Å². The van der Waals surface area contributed by atoms with E-state index in [1.54, 1.807) is 12.2 Å². The van der Waals surface area contributed by atoms with Crippen LogP contribution in [0, 0.1) is 0 Å². The topological polar surface area (TPSA) is 51.2 Å². The number of allylic oxidation sites excluding steroid dienone is 1. The highest BCUT2D eigenvalue weighted by Gasteiger charge is 2.39. The van der Waals surface area contributed by atoms with Crippen molar-refractivity contribution in [3.63, 3.8) is 0 Å². The van der Waals surface area contributed by atoms with Crippen LogP contribution in [0.3, 0.4) is 0 Å². The molecule has 0 fully saturated rings. The molecule has 0 atom stereocenters. The third kappa shape index (κ3) is 4.79. The molecule has 0 bridgehead atoms. The molecule has 1 aromatic rings. The van der Waals surface area contributed by atoms with Crippen molar-refractivity contribution in [3.05, 3.63) is 41.5 Å². The fraction of sp³-hybridized carbons (Fsp3) is 0.214. The van der Waals surface area contributed by atoms with Crippen LogP contribution in [0.4, 0.5) is 13.2 Å². The highest BCUT2D eigenvalue weighted by atomic mass is 19.4. The number of hydrogen-bond donors (Lipinski definition) is 0. The summed E-state index contributed by atoms with van der Waals surface area (Å²) in [5.74, 6) is -2.94. The number of hydrogen-bond acceptors (Lipinski definition) is 3. The summed E-state index contributed by atoms with van der Waals surface area (Å²) in [6.45, 7) is 0. The van der Waals surface area contributed by atoms with Gasteiger partial charge in [-0.3, -0.25) is 9.59 Å². The van der Waals surface area contributed by atoms with E-state index in [-0.39, 0.29) is 12.0 Å². The number of aldehydes is 1. The number of benzene rings is 1. The summed E-state index contributed by atoms with van der Waals surface area (Å²) in [6.07, 6.45) is -1.96. The lowest BCUT2D eigenvalue weighted by Gasteiger charge is -2.04. The van der Waals surface area contributed by atoms with Crippen LogP contribution in [0.1, 0.15) is 28.8 Å². The number of carbonyl (C=O) groups is 3. The number of alkyl halides is 3. The molecule has 20 heavy (non-hydrogen) atoms. The van der Waals surface area contributed by atoms with Gasteiger partial charge in [-0.05, 0) is 5.56 Å². The average Bonchev–Trinajstić information content (AvgIpc) is 2.38. The lowest BCUT2D eigenvalue weighted by atomic mass is 10.0. The molecule has 0 saturated heterocycles. The number of rotatable bonds is 6. The quantitative estimate of drug-likeness (QED) is 0.458. The Morgan fingerprint density at radius 3 is 2.20 bits per heavy atom. The molecular formula is C14H11F3O3. The van der Waals surface area contributed by atoms with Crippen molar-refractivity contribution >= 4 is 23.9 Å². The maximum atomic E-state index is 12.0. The van der Waals surface area contributed by atoms with E-state index in [2.05, 4.69) is 0 Å². The van der Waals surface area contributed by atoms with E-state index < -0.39 is 24.2 Å². The Hall–Kier alpha value is -2.24. The van der Waals surface area contributed by atoms with Gasteiger partial charge in [0.05, 0.1) is 6.42 Å². The van der Waals surface area contributed by atoms with Gasteiger partial charge in [-0.25, -0.2) is 0 Å². The first-order valence-electron chi connectivity index (χ1n) is 5.68. The minimum Gasteiger partial charge on any atom is -0.303 e. The van der Waals surface area contributed by atoms with Gasteiger partial charge < -0.3 is 4.79 Å². The van der Waals surface area contributed by atoms with Gasteiger partial charge in [-0.2, -0.15) is 13.2 Å². The van der Waals surface area contributed by atoms with Crippen LogP contribution in [-0.4, -0.2) is 24.0 Å². The van der Waals surface area contributed by atoms with Crippen LogP contribution in [0.2, 0.25) is 0 Å². The van der Waals surface area contributed by atoms with Crippen LogP contribution in [-0.2, 0) is 9.59 Å². The molecule has 0 amide bonds. The standard InChI is InChI=1S/C14H11F3O3/c15-14(16,17)13(20)9-12(19)11-6-4-10(5-7-11)3-1-2-8-18/h1,3-8H,2,9H2. The summed E-state index contributed by atoms with van der Waals surface area (Å²) in [7, 11) is 0. The zero-order valence-electron chi connectivity index (χ0n) is 10.3. The molecule has 0 unspecified atom stereocenters. The van der Waals surface area contributed by atoms with Crippen LogP contribution in [0.5, 0.6) is 0 Å². The Bertz CT molecular complexity index is 528. The van der Waals surface area contributed by atoms with Crippen molar-refractivity contribution < 1.29 is 27.6 Å². The summed E-state index contributed by atoms with van der Waals surface area (Å²) in [5, 5.41) is 0. The first kappa shape index (κ1) is 15.8. The second-order valence-electron chi connectivity index (χ2n) is 3.95. The normalized spacial score (nSPS) is 11.6. The van der Waals surface area contributed by atoms with Gasteiger partial charge in [0.1, 0.15) is 6.29 Å². The van der Waals surface area contributed by atoms with Crippen LogP contribution in [0.25, 0.3) is 6.08 Å². The van der Waals surface area contributed by atoms with Gasteiger partial charge in [0.2, 0.25) is 5.78 Å². The molecule has 0 spiro atoms. The molecule has 0 aliphatic carbocycles. The third-order valence-electron chi connectivity index (χ3n) is 2.41. The smallest absolute Gasteiger partial charge is 0.303 e. The van der Waals surface area contributed by atoms with E-state index >= 15 is 0 Å². The van der Waals surface area contributed by atoms with Crippen molar-refractivity contribution in [2.75, 3.05) is 0 Å². The van der Waals surface area contributed by atoms with Crippen molar-refractivity contribution in [1.82, 2.24) is 0 Å². The summed E-state index contributed by atoms with van der Waals surface area (Å²) in [4.78, 5) is 32.3. The Morgan fingerprint density at radius 2 is 1.70 bits per heavy atom. The minimum absolute atomic E-state index is 0.0372. The molecule has 0 aliphatic heterocycles. The lowest BCUT2D eigenvalue weighted by molar-refractivity contribution is -0.170. The largest absolute Gasteiger partial charge is 0.450 e. The number of ketones is 2. The summed E-state index contributed by atoms with van der Waals surface area (Å²) < 4.78 is 36.1. The van der Waals surface area contributed by atoms with E-state index in [4.69, 9.17) is 0 Å². The third-order valence-corrected chi connectivity index (χ3v) is 2.41. The maximum Gasteiger partial charge on any atom is 0.450 e. The molecule has 0 radical (unpaired) electrons. The Kier molecular flexibility index (Phi) is 5.37. The summed E-state index contributed by atoms with van der Waals surface area (Å²) in [6, 6.07) is 5.72. The lowest BCUT2D eigenvalue weighted by Crippen LogP contribution is -2.25. The first-order chi connectivity index (χ1) is 9.34. The summed E-state index contributed by atoms with van der Waals surface area (Å²) >= 11 is 0. The Morgan fingerprint density at radius 1 is 1.10 bits per heavy atom. The first-order valence-corrected chi connectivity index (χ1v) is 5.68. The van der Waals surface area contributed by atoms with E-state index in [0.29, 0.717) is 5.56 Å². The fourth-order valence-electron chi connectivity index (χ4n) is 1.39. The molecule has 1 rings (SSSR count). The predicted octanol–water partition coefficient (Wildman–Crippen LogP) is 2.99. The monoisotopic (exact) mass is 284 g/mol. The van der Waals surface area contributed by atoms with Gasteiger partial charge >= 0.3 is 6.18 Å². The predicted molar refractivity (Wildman–Crippen MR) is 66.2 cm³/mol. The average molecular weight is 284 g/mol. The number of Topliss-reactive ketones (excluding diaryl/α,β-unsaturated/α-hetero) is 2. The molecule has 3 nitrogen and oxygen atoms in total. The van der Waals surface area contributed by atoms with E-state index in [1.165, 1.54) is 24.3 Å². The van der Waals surface area contributed by atoms with E-state index in [0.717, 1.165) is 6.29 Å². The molecule has 106 valence electrons. The highest BCUT2D eigenvalue weighted by molar-refractivity contribution is 6.09. The molecule has 0 aliphatic rings. The Labute approximate surface area is 113 Å². The van der Waals surface area contributed by atoms with Crippen molar-refractivity contribution in [2.45, 2.75) is 19.0 Å². The molecule has 0 N–H and O–H groups in total. The molecule has 1 aromatic carbocycles. The van der Waals surface area contributed by atoms with E-state index in [9.17, 15) is 27.6 Å². The molecule has 0 saturated carbocycles. The second-order valence-corrected chi connectivity index (χ2v) is 3.95. The van der Waals surface area contributed by atoms with Gasteiger partial charge in [-0.1, -0.05) is 36.4 Å². The SMILES string of the molecule is O=CCC=Cc1ccc(C(=O)CC(=O)C(F)(F)F)cc1. The fourth-order valence-corrected chi connectivity index (χ4v) is 1.39. The zero-order chi connectivity index (χ0) is 15.2. The van der Waals surface area contributed by atoms with Gasteiger partial charge in [0.25, 0.3) is 0 Å². The molecule has 0 heterocycles. The van der Waals surface area contributed by atoms with Crippen molar-refractivity contribution in [3.8, 4) is 0 Å². The van der Waals surface area contributed by atoms with Crippen molar-refractivity contribution in [1.29, 1.82) is 0 Å². The minimum atomic E-state index is -4.99. The molecule has 0 aromatic heterocycles. The van der Waals surface area contributed by atoms with Crippen LogP contribution >= 0.6 is 0 Å². The maximum absolute atomic E-state index is 12.0. The van der Waals surface area contributed by atoms with Gasteiger partial charge in [-0.15, -0.1) is 0 Å². The number of carbonyl (C=O) groups excluding carboxylic acids is 3. The van der Waals surface area contributed by atoms with E-state index in [1.807, 2.05) is 0 Å². The zero-order valence-corrected chi connectivity index (χ0v) is 10.3. The Balaban J connectivity index is 2.71.